The van der Waals surface area contributed by atoms with Crippen LogP contribution in [0.4, 0.5) is 0 Å². The molecule has 0 fully saturated rings. The molecule has 0 aliphatic heterocycles. The molecular weight excluding hydrogens is 222 g/mol. The number of benzene rings is 1. The largest absolute Gasteiger partial charge is 0.235 e. The van der Waals surface area contributed by atoms with E-state index in [0.29, 0.717) is 5.92 Å². The Morgan fingerprint density at radius 2 is 2.00 bits per heavy atom. The van der Waals surface area contributed by atoms with Crippen molar-refractivity contribution in [3.63, 3.8) is 0 Å². The molecule has 3 heteroatoms. The molecule has 0 amide bonds. The van der Waals surface area contributed by atoms with Crippen molar-refractivity contribution in [1.29, 1.82) is 0 Å². The van der Waals surface area contributed by atoms with Gasteiger partial charge in [0.25, 0.3) is 0 Å². The number of hydrogen-bond acceptors (Lipinski definition) is 2. The van der Waals surface area contributed by atoms with Crippen LogP contribution in [-0.2, 0) is 0 Å². The fraction of sp³-hybridized carbons (Fsp3) is 0.200. The van der Waals surface area contributed by atoms with Gasteiger partial charge in [-0.15, -0.1) is 0 Å². The van der Waals surface area contributed by atoms with Crippen molar-refractivity contribution in [3.8, 4) is 11.3 Å². The van der Waals surface area contributed by atoms with Crippen LogP contribution in [0, 0.1) is 0 Å². The number of hydrogen-bond donors (Lipinski definition) is 0. The highest BCUT2D eigenvalue weighted by atomic mass is 15.2. The van der Waals surface area contributed by atoms with Gasteiger partial charge < -0.3 is 0 Å². The molecule has 0 atom stereocenters. The average Bonchev–Trinajstić information content (AvgIpc) is 2.82. The third-order valence-corrected chi connectivity index (χ3v) is 3.13. The third kappa shape index (κ3) is 1.78. The lowest BCUT2D eigenvalue weighted by molar-refractivity contribution is 0.866. The Kier molecular flexibility index (Phi) is 2.59. The number of imidazole rings is 1. The molecule has 0 aliphatic carbocycles. The highest BCUT2D eigenvalue weighted by Crippen LogP contribution is 2.24. The highest BCUT2D eigenvalue weighted by molar-refractivity contribution is 5.63. The Labute approximate surface area is 106 Å². The van der Waals surface area contributed by atoms with Gasteiger partial charge in [0.15, 0.2) is 5.65 Å². The first-order valence-electron chi connectivity index (χ1n) is 6.15. The zero-order valence-corrected chi connectivity index (χ0v) is 10.5. The normalized spacial score (nSPS) is 11.3. The quantitative estimate of drug-likeness (QED) is 0.682. The average molecular weight is 237 g/mol. The van der Waals surface area contributed by atoms with Crippen molar-refractivity contribution in [2.75, 3.05) is 0 Å². The van der Waals surface area contributed by atoms with Crippen LogP contribution in [0.25, 0.3) is 16.9 Å². The van der Waals surface area contributed by atoms with Gasteiger partial charge in [-0.1, -0.05) is 32.0 Å². The van der Waals surface area contributed by atoms with E-state index in [4.69, 9.17) is 0 Å². The maximum absolute atomic E-state index is 4.37. The second-order valence-electron chi connectivity index (χ2n) is 4.72. The molecule has 2 aromatic heterocycles. The Bertz CT molecular complexity index is 683. The molecule has 0 saturated heterocycles. The van der Waals surface area contributed by atoms with Gasteiger partial charge >= 0.3 is 0 Å². The van der Waals surface area contributed by atoms with Crippen LogP contribution >= 0.6 is 0 Å². The molecular formula is C15H15N3. The topological polar surface area (TPSA) is 30.2 Å². The second kappa shape index (κ2) is 4.26. The van der Waals surface area contributed by atoms with Crippen LogP contribution in [-0.4, -0.2) is 14.6 Å². The van der Waals surface area contributed by atoms with Gasteiger partial charge in [0.2, 0.25) is 0 Å². The van der Waals surface area contributed by atoms with Gasteiger partial charge in [0, 0.05) is 11.8 Å². The molecule has 0 spiro atoms. The van der Waals surface area contributed by atoms with E-state index < -0.39 is 0 Å². The summed E-state index contributed by atoms with van der Waals surface area (Å²) in [6.07, 6.45) is 3.66. The minimum absolute atomic E-state index is 0.525. The monoisotopic (exact) mass is 237 g/mol. The van der Waals surface area contributed by atoms with Crippen LogP contribution in [0.3, 0.4) is 0 Å². The molecule has 0 N–H and O–H groups in total. The van der Waals surface area contributed by atoms with Crippen LogP contribution in [0.1, 0.15) is 25.3 Å². The van der Waals surface area contributed by atoms with Crippen LogP contribution < -0.4 is 0 Å². The van der Waals surface area contributed by atoms with E-state index in [9.17, 15) is 0 Å². The summed E-state index contributed by atoms with van der Waals surface area (Å²) in [5.74, 6) is 0.525. The zero-order chi connectivity index (χ0) is 12.5. The first kappa shape index (κ1) is 11.0. The zero-order valence-electron chi connectivity index (χ0n) is 10.5. The summed E-state index contributed by atoms with van der Waals surface area (Å²) in [5.41, 5.74) is 4.40. The molecule has 0 saturated carbocycles. The van der Waals surface area contributed by atoms with Crippen molar-refractivity contribution in [2.24, 2.45) is 0 Å². The summed E-state index contributed by atoms with van der Waals surface area (Å²) in [6, 6.07) is 12.4. The molecule has 0 bridgehead atoms. The number of rotatable bonds is 2. The fourth-order valence-corrected chi connectivity index (χ4v) is 2.08. The van der Waals surface area contributed by atoms with E-state index in [0.717, 1.165) is 16.9 Å². The van der Waals surface area contributed by atoms with Gasteiger partial charge in [-0.2, -0.15) is 5.10 Å². The number of aromatic nitrogens is 3. The van der Waals surface area contributed by atoms with E-state index in [-0.39, 0.29) is 0 Å². The molecule has 2 heterocycles. The van der Waals surface area contributed by atoms with E-state index in [1.165, 1.54) is 5.56 Å². The molecule has 0 unspecified atom stereocenters. The van der Waals surface area contributed by atoms with Gasteiger partial charge in [0.05, 0.1) is 11.9 Å². The van der Waals surface area contributed by atoms with Crippen molar-refractivity contribution >= 4 is 5.65 Å². The van der Waals surface area contributed by atoms with Crippen molar-refractivity contribution < 1.29 is 0 Å². The van der Waals surface area contributed by atoms with E-state index in [1.807, 2.05) is 22.8 Å². The van der Waals surface area contributed by atoms with Crippen LogP contribution in [0.15, 0.2) is 48.8 Å². The second-order valence-corrected chi connectivity index (χ2v) is 4.72. The molecule has 0 aliphatic rings. The summed E-state index contributed by atoms with van der Waals surface area (Å²) in [6.45, 7) is 4.40. The number of fused-ring (bicyclic) bond motifs is 1. The van der Waals surface area contributed by atoms with Crippen molar-refractivity contribution in [1.82, 2.24) is 14.6 Å². The van der Waals surface area contributed by atoms with Crippen molar-refractivity contribution in [3.05, 3.63) is 54.4 Å². The minimum Gasteiger partial charge on any atom is -0.235 e. The Morgan fingerprint density at radius 3 is 2.83 bits per heavy atom. The highest BCUT2D eigenvalue weighted by Gasteiger charge is 2.07. The van der Waals surface area contributed by atoms with Crippen LogP contribution in [0.5, 0.6) is 0 Å². The van der Waals surface area contributed by atoms with E-state index in [1.54, 1.807) is 6.20 Å². The van der Waals surface area contributed by atoms with E-state index in [2.05, 4.69) is 48.2 Å². The SMILES string of the molecule is CC(C)c1cccc(-c2cnc3cccnn23)c1. The summed E-state index contributed by atoms with van der Waals surface area (Å²) in [7, 11) is 0. The molecule has 90 valence electrons. The Hall–Kier alpha value is -2.16. The minimum atomic E-state index is 0.525. The predicted molar refractivity (Wildman–Crippen MR) is 72.5 cm³/mol. The van der Waals surface area contributed by atoms with Gasteiger partial charge in [-0.05, 0) is 29.7 Å². The standard InChI is InChI=1S/C15H15N3/c1-11(2)12-5-3-6-13(9-12)14-10-16-15-7-4-8-17-18(14)15/h3-11H,1-2H3. The van der Waals surface area contributed by atoms with Gasteiger partial charge in [0.1, 0.15) is 0 Å². The molecule has 3 aromatic rings. The lowest BCUT2D eigenvalue weighted by Crippen LogP contribution is -1.94. The molecule has 18 heavy (non-hydrogen) atoms. The maximum Gasteiger partial charge on any atom is 0.154 e. The van der Waals surface area contributed by atoms with Gasteiger partial charge in [-0.25, -0.2) is 9.50 Å². The smallest absolute Gasteiger partial charge is 0.154 e. The molecule has 0 radical (unpaired) electrons. The lowest BCUT2D eigenvalue weighted by Gasteiger charge is -2.07. The van der Waals surface area contributed by atoms with Crippen LogP contribution in [0.2, 0.25) is 0 Å². The molecule has 3 rings (SSSR count). The summed E-state index contributed by atoms with van der Waals surface area (Å²) in [4.78, 5) is 4.37. The van der Waals surface area contributed by atoms with Gasteiger partial charge in [-0.3, -0.25) is 0 Å². The Morgan fingerprint density at radius 1 is 1.11 bits per heavy atom. The summed E-state index contributed by atoms with van der Waals surface area (Å²) in [5, 5.41) is 4.35. The first-order chi connectivity index (χ1) is 8.75. The van der Waals surface area contributed by atoms with Crippen molar-refractivity contribution in [2.45, 2.75) is 19.8 Å². The summed E-state index contributed by atoms with van der Waals surface area (Å²) >= 11 is 0. The lowest BCUT2D eigenvalue weighted by atomic mass is 10.00. The summed E-state index contributed by atoms with van der Waals surface area (Å²) < 4.78 is 1.87. The third-order valence-electron chi connectivity index (χ3n) is 3.13. The maximum atomic E-state index is 4.37. The Balaban J connectivity index is 2.17. The number of nitrogens with zero attached hydrogens (tertiary/aromatic N) is 3. The van der Waals surface area contributed by atoms with E-state index >= 15 is 0 Å². The predicted octanol–water partition coefficient (Wildman–Crippen LogP) is 3.52. The first-order valence-corrected chi connectivity index (χ1v) is 6.15. The molecule has 3 nitrogen and oxygen atoms in total. The molecule has 1 aromatic carbocycles. The fourth-order valence-electron chi connectivity index (χ4n) is 2.08.